The molecule has 0 atom stereocenters. The van der Waals surface area contributed by atoms with Crippen molar-refractivity contribution in [2.75, 3.05) is 12.4 Å². The van der Waals surface area contributed by atoms with Gasteiger partial charge in [-0.2, -0.15) is 5.26 Å². The molecule has 0 aromatic heterocycles. The van der Waals surface area contributed by atoms with Gasteiger partial charge in [0.15, 0.2) is 0 Å². The minimum atomic E-state index is -0.805. The average molecular weight is 295 g/mol. The van der Waals surface area contributed by atoms with Gasteiger partial charge < -0.3 is 10.1 Å². The molecular formula is C12H11BrN2O2. The number of carbonyl (C=O) groups excluding carboxylic acids is 1. The third-order valence-electron chi connectivity index (χ3n) is 2.81. The van der Waals surface area contributed by atoms with Crippen molar-refractivity contribution in [3.8, 4) is 11.8 Å². The van der Waals surface area contributed by atoms with Gasteiger partial charge in [0.25, 0.3) is 0 Å². The zero-order valence-corrected chi connectivity index (χ0v) is 10.9. The topological polar surface area (TPSA) is 62.1 Å². The van der Waals surface area contributed by atoms with Crippen LogP contribution in [0.2, 0.25) is 0 Å². The van der Waals surface area contributed by atoms with E-state index in [0.717, 1.165) is 4.47 Å². The fraction of sp³-hybridized carbons (Fsp3) is 0.333. The van der Waals surface area contributed by atoms with E-state index in [1.807, 2.05) is 0 Å². The summed E-state index contributed by atoms with van der Waals surface area (Å²) in [6, 6.07) is 7.33. The van der Waals surface area contributed by atoms with Crippen molar-refractivity contribution in [1.82, 2.24) is 0 Å². The summed E-state index contributed by atoms with van der Waals surface area (Å²) >= 11 is 3.33. The van der Waals surface area contributed by atoms with Crippen molar-refractivity contribution >= 4 is 27.5 Å². The molecule has 1 aliphatic rings. The molecule has 2 rings (SSSR count). The van der Waals surface area contributed by atoms with Crippen LogP contribution < -0.4 is 10.1 Å². The molecule has 1 fully saturated rings. The highest BCUT2D eigenvalue weighted by Crippen LogP contribution is 2.45. The van der Waals surface area contributed by atoms with E-state index in [9.17, 15) is 4.79 Å². The van der Waals surface area contributed by atoms with Crippen molar-refractivity contribution in [2.24, 2.45) is 5.41 Å². The Morgan fingerprint density at radius 1 is 1.59 bits per heavy atom. The van der Waals surface area contributed by atoms with Crippen molar-refractivity contribution < 1.29 is 9.53 Å². The van der Waals surface area contributed by atoms with Crippen LogP contribution in [-0.2, 0) is 4.79 Å². The maximum atomic E-state index is 11.8. The van der Waals surface area contributed by atoms with E-state index in [1.54, 1.807) is 25.3 Å². The van der Waals surface area contributed by atoms with Crippen LogP contribution >= 0.6 is 15.9 Å². The van der Waals surface area contributed by atoms with Gasteiger partial charge in [-0.05, 0) is 40.9 Å². The number of rotatable bonds is 3. The first kappa shape index (κ1) is 11.9. The first-order valence-corrected chi connectivity index (χ1v) is 5.97. The molecule has 5 heteroatoms. The molecule has 1 aliphatic carbocycles. The molecule has 1 aromatic carbocycles. The Balaban J connectivity index is 2.15. The van der Waals surface area contributed by atoms with Crippen LogP contribution in [0.1, 0.15) is 12.8 Å². The van der Waals surface area contributed by atoms with E-state index >= 15 is 0 Å². The third kappa shape index (κ3) is 2.27. The number of ether oxygens (including phenoxy) is 1. The van der Waals surface area contributed by atoms with Crippen molar-refractivity contribution in [2.45, 2.75) is 12.8 Å². The summed E-state index contributed by atoms with van der Waals surface area (Å²) in [5, 5.41) is 11.6. The number of nitrogens with zero attached hydrogens (tertiary/aromatic N) is 1. The van der Waals surface area contributed by atoms with Gasteiger partial charge in [0.05, 0.1) is 17.7 Å². The second-order valence-corrected chi connectivity index (χ2v) is 4.85. The lowest BCUT2D eigenvalue weighted by atomic mass is 10.1. The zero-order valence-electron chi connectivity index (χ0n) is 9.29. The number of carbonyl (C=O) groups is 1. The van der Waals surface area contributed by atoms with Gasteiger partial charge in [-0.15, -0.1) is 0 Å². The number of anilines is 1. The molecule has 0 radical (unpaired) electrons. The zero-order chi connectivity index (χ0) is 12.5. The number of halogens is 1. The normalized spacial score (nSPS) is 15.8. The Morgan fingerprint density at radius 3 is 2.82 bits per heavy atom. The predicted octanol–water partition coefficient (Wildman–Crippen LogP) is 2.70. The number of nitriles is 1. The predicted molar refractivity (Wildman–Crippen MR) is 66.6 cm³/mol. The highest BCUT2D eigenvalue weighted by molar-refractivity contribution is 9.10. The third-order valence-corrected chi connectivity index (χ3v) is 3.46. The average Bonchev–Trinajstić information content (AvgIpc) is 3.12. The number of amides is 1. The summed E-state index contributed by atoms with van der Waals surface area (Å²) in [6.07, 6.45) is 1.28. The molecular weight excluding hydrogens is 284 g/mol. The van der Waals surface area contributed by atoms with Gasteiger partial charge in [0, 0.05) is 11.8 Å². The van der Waals surface area contributed by atoms with Gasteiger partial charge in [-0.3, -0.25) is 4.79 Å². The Kier molecular flexibility index (Phi) is 3.07. The van der Waals surface area contributed by atoms with E-state index in [2.05, 4.69) is 27.3 Å². The second kappa shape index (κ2) is 4.38. The molecule has 0 saturated heterocycles. The lowest BCUT2D eigenvalue weighted by Gasteiger charge is -2.10. The van der Waals surface area contributed by atoms with Crippen LogP contribution in [0.15, 0.2) is 22.7 Å². The quantitative estimate of drug-likeness (QED) is 0.932. The summed E-state index contributed by atoms with van der Waals surface area (Å²) in [7, 11) is 1.56. The Bertz CT molecular complexity index is 504. The number of nitrogens with one attached hydrogen (secondary N) is 1. The monoisotopic (exact) mass is 294 g/mol. The number of methoxy groups -OCH3 is 1. The second-order valence-electron chi connectivity index (χ2n) is 4.00. The molecule has 0 bridgehead atoms. The van der Waals surface area contributed by atoms with Gasteiger partial charge >= 0.3 is 0 Å². The Hall–Kier alpha value is -1.54. The maximum Gasteiger partial charge on any atom is 0.244 e. The molecule has 1 amide bonds. The summed E-state index contributed by atoms with van der Waals surface area (Å²) in [6.45, 7) is 0. The molecule has 4 nitrogen and oxygen atoms in total. The van der Waals surface area contributed by atoms with E-state index in [-0.39, 0.29) is 5.91 Å². The number of hydrogen-bond acceptors (Lipinski definition) is 3. The van der Waals surface area contributed by atoms with Crippen molar-refractivity contribution in [3.63, 3.8) is 0 Å². The molecule has 17 heavy (non-hydrogen) atoms. The highest BCUT2D eigenvalue weighted by atomic mass is 79.9. The SMILES string of the molecule is COc1cc(NC(=O)C2(C#N)CC2)ccc1Br. The van der Waals surface area contributed by atoms with Gasteiger partial charge in [0.1, 0.15) is 11.2 Å². The summed E-state index contributed by atoms with van der Waals surface area (Å²) < 4.78 is 5.95. The fourth-order valence-corrected chi connectivity index (χ4v) is 1.91. The van der Waals surface area contributed by atoms with Gasteiger partial charge in [0.2, 0.25) is 5.91 Å². The summed E-state index contributed by atoms with van der Waals surface area (Å²) in [5.41, 5.74) is -0.170. The molecule has 1 N–H and O–H groups in total. The van der Waals surface area contributed by atoms with E-state index in [0.29, 0.717) is 24.3 Å². The van der Waals surface area contributed by atoms with Crippen LogP contribution in [0.4, 0.5) is 5.69 Å². The molecule has 0 heterocycles. The number of benzene rings is 1. The van der Waals surface area contributed by atoms with Gasteiger partial charge in [-0.1, -0.05) is 0 Å². The summed E-state index contributed by atoms with van der Waals surface area (Å²) in [4.78, 5) is 11.8. The van der Waals surface area contributed by atoms with E-state index < -0.39 is 5.41 Å². The molecule has 0 unspecified atom stereocenters. The van der Waals surface area contributed by atoms with Crippen molar-refractivity contribution in [1.29, 1.82) is 5.26 Å². The molecule has 1 aromatic rings. The standard InChI is InChI=1S/C12H11BrN2O2/c1-17-10-6-8(2-3-9(10)13)15-11(16)12(7-14)4-5-12/h2-3,6H,4-5H2,1H3,(H,15,16). The first-order valence-electron chi connectivity index (χ1n) is 5.17. The molecule has 0 aliphatic heterocycles. The molecule has 88 valence electrons. The van der Waals surface area contributed by atoms with Crippen LogP contribution in [0.25, 0.3) is 0 Å². The molecule has 0 spiro atoms. The lowest BCUT2D eigenvalue weighted by molar-refractivity contribution is -0.119. The van der Waals surface area contributed by atoms with E-state index in [4.69, 9.17) is 10.00 Å². The van der Waals surface area contributed by atoms with Crippen LogP contribution in [-0.4, -0.2) is 13.0 Å². The van der Waals surface area contributed by atoms with Crippen LogP contribution in [0.3, 0.4) is 0 Å². The first-order chi connectivity index (χ1) is 8.11. The van der Waals surface area contributed by atoms with E-state index in [1.165, 1.54) is 0 Å². The fourth-order valence-electron chi connectivity index (χ4n) is 1.50. The summed E-state index contributed by atoms with van der Waals surface area (Å²) in [5.74, 6) is 0.411. The maximum absolute atomic E-state index is 11.8. The highest BCUT2D eigenvalue weighted by Gasteiger charge is 2.50. The lowest BCUT2D eigenvalue weighted by Crippen LogP contribution is -2.22. The van der Waals surface area contributed by atoms with Crippen molar-refractivity contribution in [3.05, 3.63) is 22.7 Å². The Labute approximate surface area is 108 Å². The minimum absolute atomic E-state index is 0.232. The Morgan fingerprint density at radius 2 is 2.29 bits per heavy atom. The largest absolute Gasteiger partial charge is 0.495 e. The molecule has 1 saturated carbocycles. The van der Waals surface area contributed by atoms with Gasteiger partial charge in [-0.25, -0.2) is 0 Å². The van der Waals surface area contributed by atoms with Crippen LogP contribution in [0.5, 0.6) is 5.75 Å². The number of hydrogen-bond donors (Lipinski definition) is 1. The minimum Gasteiger partial charge on any atom is -0.495 e. The van der Waals surface area contributed by atoms with Crippen LogP contribution in [0, 0.1) is 16.7 Å². The smallest absolute Gasteiger partial charge is 0.244 e.